The number of hydrogen-bond acceptors (Lipinski definition) is 4. The topological polar surface area (TPSA) is 55.1 Å². The van der Waals surface area contributed by atoms with E-state index in [9.17, 15) is 4.79 Å². The predicted molar refractivity (Wildman–Crippen MR) is 103 cm³/mol. The van der Waals surface area contributed by atoms with Crippen molar-refractivity contribution in [2.75, 3.05) is 0 Å². The van der Waals surface area contributed by atoms with Gasteiger partial charge in [0.2, 0.25) is 0 Å². The number of rotatable bonds is 5. The lowest BCUT2D eigenvalue weighted by Gasteiger charge is -2.04. The number of nitrogens with one attached hydrogen (secondary N) is 1. The summed E-state index contributed by atoms with van der Waals surface area (Å²) in [5, 5.41) is 3.78. The van der Waals surface area contributed by atoms with Crippen molar-refractivity contribution in [3.05, 3.63) is 89.7 Å². The summed E-state index contributed by atoms with van der Waals surface area (Å²) in [6, 6.07) is 21.5. The molecule has 0 saturated heterocycles. The first-order valence-electron chi connectivity index (χ1n) is 8.22. The summed E-state index contributed by atoms with van der Waals surface area (Å²) in [4.78, 5) is 18.2. The Kier molecular flexibility index (Phi) is 4.62. The number of hydrogen-bond donors (Lipinski definition) is 1. The van der Waals surface area contributed by atoms with Gasteiger partial charge in [-0.25, -0.2) is 4.98 Å². The largest absolute Gasteiger partial charge is 0.472 e. The minimum atomic E-state index is -0.135. The minimum Gasteiger partial charge on any atom is -0.472 e. The Bertz CT molecular complexity index is 993. The third kappa shape index (κ3) is 3.43. The molecule has 0 atom stereocenters. The maximum absolute atomic E-state index is 12.8. The molecule has 0 bridgehead atoms. The van der Waals surface area contributed by atoms with Crippen LogP contribution in [0.4, 0.5) is 0 Å². The van der Waals surface area contributed by atoms with Gasteiger partial charge in [0.05, 0.1) is 18.2 Å². The summed E-state index contributed by atoms with van der Waals surface area (Å²) in [6.45, 7) is 0.419. The fraction of sp³-hybridized carbons (Fsp3) is 0.0476. The zero-order chi connectivity index (χ0) is 17.8. The summed E-state index contributed by atoms with van der Waals surface area (Å²) < 4.78 is 5.05. The summed E-state index contributed by atoms with van der Waals surface area (Å²) in [7, 11) is 0. The standard InChI is InChI=1S/C21H16N2O2S/c24-20(22-13-15-11-12-25-14-15)19-18(16-7-3-1-4-8-16)23-21(26-19)17-9-5-2-6-10-17/h1-12,14H,13H2,(H,22,24). The lowest BCUT2D eigenvalue weighted by Crippen LogP contribution is -2.22. The average Bonchev–Trinajstić information content (AvgIpc) is 3.37. The number of amides is 1. The molecule has 0 unspecified atom stereocenters. The molecule has 128 valence electrons. The van der Waals surface area contributed by atoms with Gasteiger partial charge in [-0.1, -0.05) is 60.7 Å². The van der Waals surface area contributed by atoms with Gasteiger partial charge in [0, 0.05) is 23.2 Å². The van der Waals surface area contributed by atoms with Crippen LogP contribution in [0.15, 0.2) is 83.7 Å². The second kappa shape index (κ2) is 7.37. The van der Waals surface area contributed by atoms with Crippen molar-refractivity contribution in [2.45, 2.75) is 6.54 Å². The Labute approximate surface area is 155 Å². The van der Waals surface area contributed by atoms with Gasteiger partial charge in [0.1, 0.15) is 9.88 Å². The van der Waals surface area contributed by atoms with E-state index in [4.69, 9.17) is 9.40 Å². The van der Waals surface area contributed by atoms with Crippen LogP contribution in [-0.4, -0.2) is 10.9 Å². The summed E-state index contributed by atoms with van der Waals surface area (Å²) >= 11 is 1.41. The second-order valence-corrected chi connectivity index (χ2v) is 6.74. The number of aromatic nitrogens is 1. The maximum Gasteiger partial charge on any atom is 0.263 e. The highest BCUT2D eigenvalue weighted by atomic mass is 32.1. The molecular formula is C21H16N2O2S. The second-order valence-electron chi connectivity index (χ2n) is 5.74. The van der Waals surface area contributed by atoms with Gasteiger partial charge >= 0.3 is 0 Å². The van der Waals surface area contributed by atoms with Gasteiger partial charge in [-0.15, -0.1) is 11.3 Å². The number of carbonyl (C=O) groups excluding carboxylic acids is 1. The van der Waals surface area contributed by atoms with Crippen LogP contribution in [0.25, 0.3) is 21.8 Å². The highest BCUT2D eigenvalue weighted by Crippen LogP contribution is 2.33. The first kappa shape index (κ1) is 16.3. The number of benzene rings is 2. The zero-order valence-corrected chi connectivity index (χ0v) is 14.7. The Morgan fingerprint density at radius 1 is 0.962 bits per heavy atom. The van der Waals surface area contributed by atoms with Crippen LogP contribution < -0.4 is 5.32 Å². The number of carbonyl (C=O) groups is 1. The third-order valence-electron chi connectivity index (χ3n) is 3.93. The Morgan fingerprint density at radius 2 is 1.65 bits per heavy atom. The van der Waals surface area contributed by atoms with E-state index < -0.39 is 0 Å². The van der Waals surface area contributed by atoms with Crippen molar-refractivity contribution in [1.29, 1.82) is 0 Å². The Hall–Kier alpha value is -3.18. The van der Waals surface area contributed by atoms with Crippen LogP contribution in [0.2, 0.25) is 0 Å². The molecule has 4 rings (SSSR count). The monoisotopic (exact) mass is 360 g/mol. The molecule has 4 aromatic rings. The van der Waals surface area contributed by atoms with Crippen LogP contribution in [0, 0.1) is 0 Å². The van der Waals surface area contributed by atoms with Crippen molar-refractivity contribution in [3.63, 3.8) is 0 Å². The molecule has 4 nitrogen and oxygen atoms in total. The summed E-state index contributed by atoms with van der Waals surface area (Å²) in [5.41, 5.74) is 3.56. The molecule has 0 fully saturated rings. The summed E-state index contributed by atoms with van der Waals surface area (Å²) in [6.07, 6.45) is 3.22. The molecule has 1 N–H and O–H groups in total. The highest BCUT2D eigenvalue weighted by molar-refractivity contribution is 7.17. The smallest absolute Gasteiger partial charge is 0.263 e. The molecule has 0 spiro atoms. The van der Waals surface area contributed by atoms with Crippen LogP contribution in [0.3, 0.4) is 0 Å². The molecule has 0 aliphatic rings. The van der Waals surface area contributed by atoms with E-state index in [-0.39, 0.29) is 5.91 Å². The highest BCUT2D eigenvalue weighted by Gasteiger charge is 2.20. The van der Waals surface area contributed by atoms with Crippen molar-refractivity contribution in [2.24, 2.45) is 0 Å². The van der Waals surface area contributed by atoms with Crippen molar-refractivity contribution < 1.29 is 9.21 Å². The quantitative estimate of drug-likeness (QED) is 0.545. The molecule has 0 saturated carbocycles. The molecule has 0 radical (unpaired) electrons. The van der Waals surface area contributed by atoms with Gasteiger partial charge in [0.25, 0.3) is 5.91 Å². The first-order valence-corrected chi connectivity index (χ1v) is 9.04. The van der Waals surface area contributed by atoms with E-state index in [1.54, 1.807) is 12.5 Å². The number of nitrogens with zero attached hydrogens (tertiary/aromatic N) is 1. The van der Waals surface area contributed by atoms with Gasteiger partial charge in [-0.2, -0.15) is 0 Å². The number of furan rings is 1. The van der Waals surface area contributed by atoms with Crippen LogP contribution >= 0.6 is 11.3 Å². The van der Waals surface area contributed by atoms with E-state index in [2.05, 4.69) is 5.32 Å². The molecule has 2 aromatic heterocycles. The van der Waals surface area contributed by atoms with E-state index in [0.29, 0.717) is 17.1 Å². The molecule has 0 aliphatic heterocycles. The van der Waals surface area contributed by atoms with Gasteiger partial charge < -0.3 is 9.73 Å². The third-order valence-corrected chi connectivity index (χ3v) is 5.04. The molecule has 2 heterocycles. The molecular weight excluding hydrogens is 344 g/mol. The van der Waals surface area contributed by atoms with E-state index in [1.165, 1.54) is 11.3 Å². The predicted octanol–water partition coefficient (Wildman–Crippen LogP) is 5.00. The van der Waals surface area contributed by atoms with Gasteiger partial charge in [-0.05, 0) is 6.07 Å². The average molecular weight is 360 g/mol. The van der Waals surface area contributed by atoms with Gasteiger partial charge in [-0.3, -0.25) is 4.79 Å². The molecule has 0 aliphatic carbocycles. The Balaban J connectivity index is 1.69. The van der Waals surface area contributed by atoms with E-state index in [0.717, 1.165) is 21.7 Å². The fourth-order valence-electron chi connectivity index (χ4n) is 2.63. The van der Waals surface area contributed by atoms with Crippen molar-refractivity contribution in [1.82, 2.24) is 10.3 Å². The minimum absolute atomic E-state index is 0.135. The lowest BCUT2D eigenvalue weighted by atomic mass is 10.1. The lowest BCUT2D eigenvalue weighted by molar-refractivity contribution is 0.0955. The fourth-order valence-corrected chi connectivity index (χ4v) is 3.64. The molecule has 5 heteroatoms. The zero-order valence-electron chi connectivity index (χ0n) is 13.9. The summed E-state index contributed by atoms with van der Waals surface area (Å²) in [5.74, 6) is -0.135. The van der Waals surface area contributed by atoms with Crippen LogP contribution in [0.1, 0.15) is 15.2 Å². The molecule has 1 amide bonds. The number of thiazole rings is 1. The normalized spacial score (nSPS) is 10.6. The maximum atomic E-state index is 12.8. The first-order chi connectivity index (χ1) is 12.8. The van der Waals surface area contributed by atoms with Crippen LogP contribution in [-0.2, 0) is 6.54 Å². The van der Waals surface area contributed by atoms with E-state index in [1.807, 2.05) is 66.7 Å². The van der Waals surface area contributed by atoms with Crippen molar-refractivity contribution in [3.8, 4) is 21.8 Å². The Morgan fingerprint density at radius 3 is 2.31 bits per heavy atom. The van der Waals surface area contributed by atoms with Crippen molar-refractivity contribution >= 4 is 17.2 Å². The molecule has 2 aromatic carbocycles. The van der Waals surface area contributed by atoms with Gasteiger partial charge in [0.15, 0.2) is 0 Å². The molecule has 26 heavy (non-hydrogen) atoms. The van der Waals surface area contributed by atoms with E-state index >= 15 is 0 Å². The SMILES string of the molecule is O=C(NCc1ccoc1)c1sc(-c2ccccc2)nc1-c1ccccc1. The van der Waals surface area contributed by atoms with Crippen LogP contribution in [0.5, 0.6) is 0 Å².